The highest BCUT2D eigenvalue weighted by Crippen LogP contribution is 2.23. The van der Waals surface area contributed by atoms with Gasteiger partial charge < -0.3 is 26.0 Å². The van der Waals surface area contributed by atoms with E-state index in [1.807, 2.05) is 44.2 Å². The van der Waals surface area contributed by atoms with Crippen molar-refractivity contribution in [1.29, 1.82) is 0 Å². The molecule has 8 heteroatoms. The van der Waals surface area contributed by atoms with E-state index in [1.54, 1.807) is 12.2 Å². The van der Waals surface area contributed by atoms with Crippen molar-refractivity contribution in [2.45, 2.75) is 20.3 Å². The first-order valence-corrected chi connectivity index (χ1v) is 11.3. The van der Waals surface area contributed by atoms with Crippen LogP contribution in [0.15, 0.2) is 65.2 Å². The molecule has 176 valence electrons. The summed E-state index contributed by atoms with van der Waals surface area (Å²) in [6.07, 6.45) is 6.35. The Morgan fingerprint density at radius 3 is 2.73 bits per heavy atom. The molecule has 0 aromatic heterocycles. The Morgan fingerprint density at radius 1 is 1.27 bits per heavy atom. The lowest BCUT2D eigenvalue weighted by Gasteiger charge is -2.10. The summed E-state index contributed by atoms with van der Waals surface area (Å²) in [5, 5.41) is 12.3. The van der Waals surface area contributed by atoms with E-state index in [0.29, 0.717) is 31.3 Å². The van der Waals surface area contributed by atoms with Crippen LogP contribution in [-0.2, 0) is 14.3 Å². The summed E-state index contributed by atoms with van der Waals surface area (Å²) >= 11 is 0. The standard InChI is InChI=1S/C25H33N5O3/c1-17(2)23(31)29-22-8-4-7-21(15-22)26-10-5-6-19(14-18(3)20-9-13-33-16-20)24(32)30-25-27-11-12-28-25/h4-8,14-15,17,20,26H,3,9-13,16H2,1-2H3,(H,29,31)(H2,27,28,30,32)/b6-5-,19-14+. The van der Waals surface area contributed by atoms with Gasteiger partial charge >= 0.3 is 0 Å². The molecule has 2 saturated heterocycles. The van der Waals surface area contributed by atoms with Crippen LogP contribution in [0.1, 0.15) is 20.3 Å². The molecule has 0 aliphatic carbocycles. The minimum atomic E-state index is -0.332. The minimum Gasteiger partial charge on any atom is -0.382 e. The Morgan fingerprint density at radius 2 is 2.03 bits per heavy atom. The molecule has 1 aromatic rings. The van der Waals surface area contributed by atoms with E-state index in [0.717, 1.165) is 36.5 Å². The van der Waals surface area contributed by atoms with Gasteiger partial charge in [-0.2, -0.15) is 4.99 Å². The second-order valence-corrected chi connectivity index (χ2v) is 8.36. The van der Waals surface area contributed by atoms with Crippen molar-refractivity contribution in [2.24, 2.45) is 16.8 Å². The van der Waals surface area contributed by atoms with Crippen molar-refractivity contribution in [2.75, 3.05) is 43.5 Å². The summed E-state index contributed by atoms with van der Waals surface area (Å²) in [6, 6.07) is 7.53. The van der Waals surface area contributed by atoms with Crippen LogP contribution < -0.4 is 21.3 Å². The van der Waals surface area contributed by atoms with Gasteiger partial charge in [-0.05, 0) is 36.3 Å². The van der Waals surface area contributed by atoms with Crippen LogP contribution >= 0.6 is 0 Å². The maximum absolute atomic E-state index is 12.8. The normalized spacial score (nSPS) is 18.2. The molecule has 1 atom stereocenters. The van der Waals surface area contributed by atoms with E-state index in [2.05, 4.69) is 32.8 Å². The number of carbonyl (C=O) groups is 2. The van der Waals surface area contributed by atoms with Gasteiger partial charge in [0, 0.05) is 55.0 Å². The zero-order valence-electron chi connectivity index (χ0n) is 19.3. The molecule has 1 aromatic carbocycles. The van der Waals surface area contributed by atoms with E-state index in [9.17, 15) is 9.59 Å². The number of guanidine groups is 1. The van der Waals surface area contributed by atoms with Gasteiger partial charge in [0.05, 0.1) is 6.61 Å². The van der Waals surface area contributed by atoms with E-state index in [1.165, 1.54) is 0 Å². The number of carbonyl (C=O) groups excluding carboxylic acids is 2. The summed E-state index contributed by atoms with van der Waals surface area (Å²) in [7, 11) is 0. The Kier molecular flexibility index (Phi) is 8.83. The Labute approximate surface area is 195 Å². The fourth-order valence-corrected chi connectivity index (χ4v) is 3.35. The molecular formula is C25H33N5O3. The number of amides is 2. The Hall–Kier alpha value is -3.39. The van der Waals surface area contributed by atoms with Gasteiger partial charge in [0.15, 0.2) is 5.96 Å². The second-order valence-electron chi connectivity index (χ2n) is 8.36. The smallest absolute Gasteiger partial charge is 0.280 e. The van der Waals surface area contributed by atoms with Gasteiger partial charge in [0.2, 0.25) is 5.91 Å². The quantitative estimate of drug-likeness (QED) is 0.340. The maximum Gasteiger partial charge on any atom is 0.280 e. The molecule has 4 N–H and O–H groups in total. The fourth-order valence-electron chi connectivity index (χ4n) is 3.35. The summed E-state index contributed by atoms with van der Waals surface area (Å²) in [5.74, 6) is 0.268. The summed E-state index contributed by atoms with van der Waals surface area (Å²) in [4.78, 5) is 28.9. The lowest BCUT2D eigenvalue weighted by Crippen LogP contribution is -2.25. The highest BCUT2D eigenvalue weighted by Gasteiger charge is 2.19. The lowest BCUT2D eigenvalue weighted by atomic mass is 9.97. The van der Waals surface area contributed by atoms with Gasteiger partial charge in [-0.15, -0.1) is 0 Å². The largest absolute Gasteiger partial charge is 0.382 e. The molecule has 2 heterocycles. The average Bonchev–Trinajstić information content (AvgIpc) is 3.50. The number of rotatable bonds is 9. The first kappa shape index (κ1) is 24.3. The number of allylic oxidation sites excluding steroid dienone is 1. The first-order chi connectivity index (χ1) is 15.9. The molecule has 0 spiro atoms. The Bertz CT molecular complexity index is 951. The van der Waals surface area contributed by atoms with Gasteiger partial charge in [-0.1, -0.05) is 38.6 Å². The van der Waals surface area contributed by atoms with E-state index in [4.69, 9.17) is 4.74 Å². The van der Waals surface area contributed by atoms with Crippen molar-refractivity contribution in [3.8, 4) is 0 Å². The van der Waals surface area contributed by atoms with Gasteiger partial charge in [0.25, 0.3) is 5.91 Å². The van der Waals surface area contributed by atoms with Crippen molar-refractivity contribution in [1.82, 2.24) is 10.6 Å². The van der Waals surface area contributed by atoms with Crippen LogP contribution in [0.4, 0.5) is 11.4 Å². The summed E-state index contributed by atoms with van der Waals surface area (Å²) < 4.78 is 5.45. The first-order valence-electron chi connectivity index (χ1n) is 11.3. The van der Waals surface area contributed by atoms with Crippen molar-refractivity contribution < 1.29 is 14.3 Å². The average molecular weight is 452 g/mol. The van der Waals surface area contributed by atoms with Crippen LogP contribution in [0, 0.1) is 11.8 Å². The Balaban J connectivity index is 1.65. The number of ether oxygens (including phenoxy) is 1. The topological polar surface area (TPSA) is 104 Å². The molecule has 1 unspecified atom stereocenters. The van der Waals surface area contributed by atoms with Gasteiger partial charge in [-0.3, -0.25) is 9.59 Å². The number of hydrogen-bond acceptors (Lipinski definition) is 4. The highest BCUT2D eigenvalue weighted by molar-refractivity contribution is 6.04. The number of nitrogens with one attached hydrogen (secondary N) is 4. The molecule has 0 radical (unpaired) electrons. The number of benzene rings is 1. The number of nitrogens with zero attached hydrogens (tertiary/aromatic N) is 1. The van der Waals surface area contributed by atoms with Crippen LogP contribution in [0.25, 0.3) is 0 Å². The summed E-state index contributed by atoms with van der Waals surface area (Å²) in [6.45, 7) is 11.2. The highest BCUT2D eigenvalue weighted by atomic mass is 16.5. The van der Waals surface area contributed by atoms with Crippen LogP contribution in [0.3, 0.4) is 0 Å². The van der Waals surface area contributed by atoms with Crippen LogP contribution in [-0.4, -0.2) is 50.6 Å². The van der Waals surface area contributed by atoms with Gasteiger partial charge in [-0.25, -0.2) is 0 Å². The molecule has 8 nitrogen and oxygen atoms in total. The molecular weight excluding hydrogens is 418 g/mol. The maximum atomic E-state index is 12.8. The predicted octanol–water partition coefficient (Wildman–Crippen LogP) is 2.84. The molecule has 33 heavy (non-hydrogen) atoms. The lowest BCUT2D eigenvalue weighted by molar-refractivity contribution is -0.119. The van der Waals surface area contributed by atoms with Crippen LogP contribution in [0.5, 0.6) is 0 Å². The van der Waals surface area contributed by atoms with Crippen molar-refractivity contribution >= 4 is 29.1 Å². The zero-order chi connectivity index (χ0) is 23.6. The number of aliphatic imine (C=N–C) groups is 1. The molecule has 0 saturated carbocycles. The van der Waals surface area contributed by atoms with Crippen molar-refractivity contribution in [3.63, 3.8) is 0 Å². The molecule has 2 amide bonds. The number of anilines is 2. The van der Waals surface area contributed by atoms with E-state index >= 15 is 0 Å². The predicted molar refractivity (Wildman–Crippen MR) is 132 cm³/mol. The molecule has 2 fully saturated rings. The summed E-state index contributed by atoms with van der Waals surface area (Å²) in [5.41, 5.74) is 2.94. The van der Waals surface area contributed by atoms with Crippen molar-refractivity contribution in [3.05, 3.63) is 60.2 Å². The SMILES string of the molecule is C=C(/C=C(\C=C/CNc1cccc(NC(=O)C(C)C)c1)C(=O)N=C1NCCN1)C1CCOC1. The molecule has 2 aliphatic rings. The minimum absolute atomic E-state index is 0.0268. The third kappa shape index (κ3) is 7.61. The second kappa shape index (κ2) is 12.0. The molecule has 3 rings (SSSR count). The van der Waals surface area contributed by atoms with Gasteiger partial charge in [0.1, 0.15) is 0 Å². The number of hydrogen-bond donors (Lipinski definition) is 4. The van der Waals surface area contributed by atoms with Crippen LogP contribution in [0.2, 0.25) is 0 Å². The van der Waals surface area contributed by atoms with E-state index < -0.39 is 0 Å². The monoisotopic (exact) mass is 451 g/mol. The van der Waals surface area contributed by atoms with E-state index in [-0.39, 0.29) is 23.7 Å². The zero-order valence-corrected chi connectivity index (χ0v) is 19.3. The third-order valence-electron chi connectivity index (χ3n) is 5.34. The molecule has 2 aliphatic heterocycles. The third-order valence-corrected chi connectivity index (χ3v) is 5.34. The fraction of sp³-hybridized carbons (Fsp3) is 0.400. The molecule has 0 bridgehead atoms.